The van der Waals surface area contributed by atoms with Crippen molar-refractivity contribution in [1.29, 1.82) is 0 Å². The van der Waals surface area contributed by atoms with Crippen LogP contribution in [0.5, 0.6) is 5.75 Å². The van der Waals surface area contributed by atoms with Gasteiger partial charge in [-0.15, -0.1) is 6.58 Å². The van der Waals surface area contributed by atoms with Gasteiger partial charge in [-0.05, 0) is 54.7 Å². The Balaban J connectivity index is 1.65. The molecule has 0 aliphatic heterocycles. The van der Waals surface area contributed by atoms with Gasteiger partial charge >= 0.3 is 0 Å². The number of nitrogens with zero attached hydrogens (tertiary/aromatic N) is 2. The Hall–Kier alpha value is -3.77. The minimum atomic E-state index is -4.06. The highest BCUT2D eigenvalue weighted by molar-refractivity contribution is 7.89. The van der Waals surface area contributed by atoms with Crippen LogP contribution in [0.1, 0.15) is 46.1 Å². The highest BCUT2D eigenvalue weighted by Crippen LogP contribution is 2.33. The van der Waals surface area contributed by atoms with E-state index in [-0.39, 0.29) is 36.7 Å². The third-order valence-corrected chi connectivity index (χ3v) is 10.2. The molecule has 3 unspecified atom stereocenters. The number of anilines is 1. The molecule has 5 N–H and O–H groups in total. The fraction of sp³-hybridized carbons (Fsp3) is 0.312. The maximum absolute atomic E-state index is 14.2. The number of aliphatic hydroxyl groups is 1. The number of nitrogen functional groups attached to an aromatic ring is 1. The van der Waals surface area contributed by atoms with E-state index < -0.39 is 33.3 Å². The fourth-order valence-corrected chi connectivity index (χ4v) is 7.72. The highest BCUT2D eigenvalue weighted by atomic mass is 32.2. The number of carbonyl (C=O) groups is 1. The van der Waals surface area contributed by atoms with Crippen molar-refractivity contribution in [2.45, 2.75) is 44.6 Å². The van der Waals surface area contributed by atoms with Gasteiger partial charge in [0.2, 0.25) is 10.0 Å². The molecule has 0 radical (unpaired) electrons. The quantitative estimate of drug-likeness (QED) is 0.157. The van der Waals surface area contributed by atoms with Crippen molar-refractivity contribution in [3.63, 3.8) is 0 Å². The number of phenolic OH excluding ortho intramolecular Hbond substituents is 1. The second kappa shape index (κ2) is 13.7. The average molecular weight is 623 g/mol. The number of hydrogen-bond donors (Lipinski definition) is 4. The second-order valence-electron chi connectivity index (χ2n) is 11.0. The molecule has 3 atom stereocenters. The molecule has 0 aliphatic rings. The molecule has 0 saturated carbocycles. The van der Waals surface area contributed by atoms with Crippen LogP contribution in [0, 0.1) is 12.8 Å². The summed E-state index contributed by atoms with van der Waals surface area (Å²) in [5, 5.41) is 23.9. The highest BCUT2D eigenvalue weighted by Gasteiger charge is 2.35. The van der Waals surface area contributed by atoms with E-state index in [9.17, 15) is 23.4 Å². The van der Waals surface area contributed by atoms with Crippen LogP contribution < -0.4 is 11.1 Å². The van der Waals surface area contributed by atoms with E-state index >= 15 is 0 Å². The number of thiazole rings is 1. The van der Waals surface area contributed by atoms with Gasteiger partial charge in [0.15, 0.2) is 5.13 Å². The van der Waals surface area contributed by atoms with Crippen molar-refractivity contribution in [1.82, 2.24) is 14.6 Å². The number of benzene rings is 3. The molecule has 0 saturated heterocycles. The first-order chi connectivity index (χ1) is 20.4. The Morgan fingerprint density at radius 3 is 2.51 bits per heavy atom. The summed E-state index contributed by atoms with van der Waals surface area (Å²) in [5.41, 5.74) is 8.59. The van der Waals surface area contributed by atoms with Crippen molar-refractivity contribution in [2.75, 3.05) is 18.8 Å². The lowest BCUT2D eigenvalue weighted by Crippen LogP contribution is -2.51. The molecule has 0 fully saturated rings. The maximum atomic E-state index is 14.2. The van der Waals surface area contributed by atoms with Gasteiger partial charge in [-0.25, -0.2) is 13.4 Å². The molecule has 0 spiro atoms. The molecule has 4 aromatic rings. The Morgan fingerprint density at radius 1 is 1.12 bits per heavy atom. The Kier molecular flexibility index (Phi) is 10.2. The number of amides is 1. The molecule has 1 heterocycles. The summed E-state index contributed by atoms with van der Waals surface area (Å²) in [6, 6.07) is 18.4. The van der Waals surface area contributed by atoms with Crippen LogP contribution in [0.3, 0.4) is 0 Å². The van der Waals surface area contributed by atoms with Crippen LogP contribution in [-0.2, 0) is 16.4 Å². The van der Waals surface area contributed by atoms with Gasteiger partial charge in [0.05, 0.1) is 22.4 Å². The predicted molar refractivity (Wildman–Crippen MR) is 173 cm³/mol. The van der Waals surface area contributed by atoms with Gasteiger partial charge in [0.1, 0.15) is 11.0 Å². The molecular weight excluding hydrogens is 585 g/mol. The number of phenols is 1. The topological polar surface area (TPSA) is 146 Å². The summed E-state index contributed by atoms with van der Waals surface area (Å²) >= 11 is 1.27. The zero-order chi connectivity index (χ0) is 31.3. The summed E-state index contributed by atoms with van der Waals surface area (Å²) in [6.45, 7) is 9.16. The van der Waals surface area contributed by atoms with Crippen molar-refractivity contribution in [3.05, 3.63) is 102 Å². The minimum Gasteiger partial charge on any atom is -0.508 e. The van der Waals surface area contributed by atoms with E-state index in [2.05, 4.69) is 16.9 Å². The van der Waals surface area contributed by atoms with Gasteiger partial charge in [0.25, 0.3) is 5.91 Å². The standard InChI is InChI=1S/C32H38N4O5S2/c1-5-30(23-14-15-25-29(17-23)42-32(33)35-25)43(40,41)36(18-20(2)3)19-28(38)26(16-22-10-7-6-8-11-22)34-31(39)24-12-9-13-27(37)21(24)4/h5-15,17,20,26,28,30,37-38H,1,16,18-19H2,2-4H3,(H2,33,35)(H,34,39). The third kappa shape index (κ3) is 7.61. The first kappa shape index (κ1) is 32.2. The summed E-state index contributed by atoms with van der Waals surface area (Å²) in [7, 11) is -4.06. The van der Waals surface area contributed by atoms with Crippen LogP contribution in [0.25, 0.3) is 10.2 Å². The summed E-state index contributed by atoms with van der Waals surface area (Å²) in [5.74, 6) is -0.544. The number of nitrogens with two attached hydrogens (primary N) is 1. The number of nitrogens with one attached hydrogen (secondary N) is 1. The van der Waals surface area contributed by atoms with E-state index in [1.54, 1.807) is 37.3 Å². The average Bonchev–Trinajstić information content (AvgIpc) is 3.33. The molecule has 0 bridgehead atoms. The van der Waals surface area contributed by atoms with Gasteiger partial charge < -0.3 is 21.3 Å². The number of fused-ring (bicyclic) bond motifs is 1. The fourth-order valence-electron chi connectivity index (χ4n) is 5.02. The number of rotatable bonds is 13. The molecule has 43 heavy (non-hydrogen) atoms. The summed E-state index contributed by atoms with van der Waals surface area (Å²) < 4.78 is 30.4. The Bertz CT molecular complexity index is 1690. The number of sulfonamides is 1. The first-order valence-electron chi connectivity index (χ1n) is 14.0. The normalized spacial score (nSPS) is 14.1. The zero-order valence-electron chi connectivity index (χ0n) is 24.5. The number of aromatic nitrogens is 1. The monoisotopic (exact) mass is 622 g/mol. The van der Waals surface area contributed by atoms with Gasteiger partial charge in [0, 0.05) is 24.2 Å². The van der Waals surface area contributed by atoms with Crippen molar-refractivity contribution in [2.24, 2.45) is 5.92 Å². The van der Waals surface area contributed by atoms with E-state index in [1.807, 2.05) is 44.2 Å². The Morgan fingerprint density at radius 2 is 1.84 bits per heavy atom. The minimum absolute atomic E-state index is 0.0170. The van der Waals surface area contributed by atoms with E-state index in [1.165, 1.54) is 27.8 Å². The van der Waals surface area contributed by atoms with Crippen molar-refractivity contribution in [3.8, 4) is 5.75 Å². The molecule has 3 aromatic carbocycles. The SMILES string of the molecule is C=CC(c1ccc2nc(N)sc2c1)S(=O)(=O)N(CC(C)C)CC(O)C(Cc1ccccc1)NC(=O)c1cccc(O)c1C. The predicted octanol–water partition coefficient (Wildman–Crippen LogP) is 4.81. The molecule has 1 aromatic heterocycles. The van der Waals surface area contributed by atoms with Gasteiger partial charge in [-0.3, -0.25) is 4.79 Å². The van der Waals surface area contributed by atoms with Crippen LogP contribution in [-0.4, -0.2) is 59.1 Å². The molecule has 228 valence electrons. The molecule has 1 amide bonds. The first-order valence-corrected chi connectivity index (χ1v) is 16.3. The molecular formula is C32H38N4O5S2. The second-order valence-corrected chi connectivity index (χ2v) is 14.1. The third-order valence-electron chi connectivity index (χ3n) is 7.24. The zero-order valence-corrected chi connectivity index (χ0v) is 26.1. The van der Waals surface area contributed by atoms with Gasteiger partial charge in [-0.1, -0.05) is 73.7 Å². The molecule has 4 rings (SSSR count). The smallest absolute Gasteiger partial charge is 0.252 e. The Labute approximate surface area is 256 Å². The van der Waals surface area contributed by atoms with E-state index in [0.717, 1.165) is 10.3 Å². The summed E-state index contributed by atoms with van der Waals surface area (Å²) in [6.07, 6.45) is 0.383. The van der Waals surface area contributed by atoms with Gasteiger partial charge in [-0.2, -0.15) is 4.31 Å². The van der Waals surface area contributed by atoms with Crippen LogP contribution >= 0.6 is 11.3 Å². The molecule has 11 heteroatoms. The number of aromatic hydroxyl groups is 1. The number of carbonyl (C=O) groups excluding carboxylic acids is 1. The van der Waals surface area contributed by atoms with E-state index in [4.69, 9.17) is 5.73 Å². The lowest BCUT2D eigenvalue weighted by atomic mass is 9.99. The van der Waals surface area contributed by atoms with Crippen LogP contribution in [0.2, 0.25) is 0 Å². The van der Waals surface area contributed by atoms with E-state index in [0.29, 0.717) is 21.8 Å². The number of hydrogen-bond acceptors (Lipinski definition) is 8. The largest absolute Gasteiger partial charge is 0.508 e. The summed E-state index contributed by atoms with van der Waals surface area (Å²) in [4.78, 5) is 17.6. The van der Waals surface area contributed by atoms with Crippen LogP contribution in [0.4, 0.5) is 5.13 Å². The lowest BCUT2D eigenvalue weighted by Gasteiger charge is -2.32. The number of aliphatic hydroxyl groups excluding tert-OH is 1. The van der Waals surface area contributed by atoms with Crippen molar-refractivity contribution < 1.29 is 23.4 Å². The lowest BCUT2D eigenvalue weighted by molar-refractivity contribution is 0.0774. The van der Waals surface area contributed by atoms with Crippen molar-refractivity contribution >= 4 is 42.6 Å². The molecule has 9 nitrogen and oxygen atoms in total. The van der Waals surface area contributed by atoms with Crippen LogP contribution in [0.15, 0.2) is 79.4 Å². The maximum Gasteiger partial charge on any atom is 0.252 e. The molecule has 0 aliphatic carbocycles.